The molecule has 2 aliphatic carbocycles. The summed E-state index contributed by atoms with van der Waals surface area (Å²) in [4.78, 5) is 37.7. The molecule has 0 fully saturated rings. The van der Waals surface area contributed by atoms with Gasteiger partial charge in [0.2, 0.25) is 5.91 Å². The lowest BCUT2D eigenvalue weighted by Gasteiger charge is -2.21. The highest BCUT2D eigenvalue weighted by atomic mass is 32.2. The Balaban J connectivity index is 2.37. The molecule has 0 aromatic heterocycles. The number of rotatable bonds is 4. The number of hydrogen-bond donors (Lipinski definition) is 1. The number of fused-ring (bicyclic) bond motifs is 3. The lowest BCUT2D eigenvalue weighted by molar-refractivity contribution is -0.120. The van der Waals surface area contributed by atoms with Crippen LogP contribution in [0.2, 0.25) is 0 Å². The van der Waals surface area contributed by atoms with E-state index in [-0.39, 0.29) is 28.6 Å². The molecule has 0 aliphatic heterocycles. The average Bonchev–Trinajstić information content (AvgIpc) is 2.90. The summed E-state index contributed by atoms with van der Waals surface area (Å²) in [6.07, 6.45) is 5.87. The van der Waals surface area contributed by atoms with Crippen molar-refractivity contribution < 1.29 is 19.1 Å². The quantitative estimate of drug-likeness (QED) is 0.784. The number of nitrogens with one attached hydrogen (secondary N) is 1. The van der Waals surface area contributed by atoms with Gasteiger partial charge in [0, 0.05) is 12.5 Å². The predicted molar refractivity (Wildman–Crippen MR) is 108 cm³/mol. The van der Waals surface area contributed by atoms with E-state index >= 15 is 0 Å². The summed E-state index contributed by atoms with van der Waals surface area (Å²) in [5, 5.41) is 2.91. The summed E-state index contributed by atoms with van der Waals surface area (Å²) >= 11 is 1.35. The van der Waals surface area contributed by atoms with Crippen molar-refractivity contribution in [2.45, 2.75) is 24.3 Å². The maximum Gasteiger partial charge on any atom is 0.262 e. The lowest BCUT2D eigenvalue weighted by Crippen LogP contribution is -2.26. The van der Waals surface area contributed by atoms with Gasteiger partial charge in [-0.2, -0.15) is 0 Å². The second-order valence-corrected chi connectivity index (χ2v) is 7.23. The van der Waals surface area contributed by atoms with Crippen LogP contribution in [-0.4, -0.2) is 32.2 Å². The van der Waals surface area contributed by atoms with E-state index in [1.54, 1.807) is 18.2 Å². The van der Waals surface area contributed by atoms with Crippen LogP contribution in [0.25, 0.3) is 5.57 Å². The minimum atomic E-state index is -0.402. The molecule has 146 valence electrons. The molecule has 1 amide bonds. The van der Waals surface area contributed by atoms with Crippen LogP contribution in [0.3, 0.4) is 0 Å². The number of thioether (sulfide) groups is 1. The maximum absolute atomic E-state index is 12.8. The third kappa shape index (κ3) is 3.49. The monoisotopic (exact) mass is 399 g/mol. The Morgan fingerprint density at radius 1 is 1.21 bits per heavy atom. The van der Waals surface area contributed by atoms with Crippen molar-refractivity contribution in [3.05, 3.63) is 68.8 Å². The highest BCUT2D eigenvalue weighted by Crippen LogP contribution is 2.41. The van der Waals surface area contributed by atoms with Gasteiger partial charge in [-0.3, -0.25) is 14.4 Å². The van der Waals surface area contributed by atoms with Crippen LogP contribution in [0.1, 0.15) is 30.5 Å². The molecule has 6 nitrogen and oxygen atoms in total. The van der Waals surface area contributed by atoms with Crippen LogP contribution >= 0.6 is 11.8 Å². The molecular weight excluding hydrogens is 378 g/mol. The van der Waals surface area contributed by atoms with Crippen molar-refractivity contribution in [2.24, 2.45) is 0 Å². The summed E-state index contributed by atoms with van der Waals surface area (Å²) in [5.74, 6) is -0.228. The van der Waals surface area contributed by atoms with Gasteiger partial charge in [-0.15, -0.1) is 11.8 Å². The van der Waals surface area contributed by atoms with E-state index < -0.39 is 6.04 Å². The van der Waals surface area contributed by atoms with Crippen molar-refractivity contribution in [3.63, 3.8) is 0 Å². The van der Waals surface area contributed by atoms with Crippen molar-refractivity contribution >= 4 is 29.0 Å². The molecule has 1 aromatic carbocycles. The molecule has 0 saturated carbocycles. The van der Waals surface area contributed by atoms with Gasteiger partial charge >= 0.3 is 0 Å². The summed E-state index contributed by atoms with van der Waals surface area (Å²) in [7, 11) is 2.86. The number of allylic oxidation sites excluding steroid dienone is 3. The van der Waals surface area contributed by atoms with Gasteiger partial charge in [-0.25, -0.2) is 0 Å². The van der Waals surface area contributed by atoms with Crippen molar-refractivity contribution in [1.29, 1.82) is 0 Å². The molecule has 0 unspecified atom stereocenters. The van der Waals surface area contributed by atoms with Gasteiger partial charge in [-0.1, -0.05) is 12.1 Å². The van der Waals surface area contributed by atoms with Crippen LogP contribution in [0.15, 0.2) is 57.1 Å². The molecule has 1 atom stereocenters. The lowest BCUT2D eigenvalue weighted by atomic mass is 9.89. The standard InChI is InChI=1S/C21H21NO5S/c1-11(23)22-15-7-5-12-9-17(26-2)20(25)21(27-3)19(12)13-6-8-18(28-4)16(24)10-14(13)15/h5-6,8-10,15H,7H2,1-4H3,(H,22,23)/t15-/m0/s1. The Kier molecular flexibility index (Phi) is 5.74. The maximum atomic E-state index is 12.8. The van der Waals surface area contributed by atoms with Gasteiger partial charge in [0.1, 0.15) is 0 Å². The Bertz CT molecular complexity index is 1010. The molecule has 0 radical (unpaired) electrons. The number of methoxy groups -OCH3 is 2. The van der Waals surface area contributed by atoms with Crippen molar-refractivity contribution in [3.8, 4) is 0 Å². The van der Waals surface area contributed by atoms with E-state index in [0.717, 1.165) is 5.57 Å². The highest BCUT2D eigenvalue weighted by Gasteiger charge is 2.33. The van der Waals surface area contributed by atoms with Crippen LogP contribution < -0.4 is 10.7 Å². The number of Topliss-reactive ketones (excluding diaryl/α,β-unsaturated/α-hetero) is 1. The summed E-state index contributed by atoms with van der Waals surface area (Å²) in [5.41, 5.74) is 2.54. The minimum Gasteiger partial charge on any atom is -0.492 e. The van der Waals surface area contributed by atoms with E-state index in [4.69, 9.17) is 9.47 Å². The molecule has 0 saturated heterocycles. The Morgan fingerprint density at radius 2 is 1.96 bits per heavy atom. The molecule has 2 aliphatic rings. The largest absolute Gasteiger partial charge is 0.492 e. The number of carbonyl (C=O) groups is 2. The zero-order chi connectivity index (χ0) is 20.4. The van der Waals surface area contributed by atoms with E-state index in [1.165, 1.54) is 32.9 Å². The van der Waals surface area contributed by atoms with Crippen LogP contribution in [-0.2, 0) is 19.1 Å². The molecule has 0 bridgehead atoms. The summed E-state index contributed by atoms with van der Waals surface area (Å²) in [6, 6.07) is 4.68. The molecule has 3 rings (SSSR count). The molecule has 7 heteroatoms. The summed E-state index contributed by atoms with van der Waals surface area (Å²) in [6.45, 7) is 1.44. The first kappa shape index (κ1) is 19.9. The molecule has 0 heterocycles. The molecule has 1 N–H and O–H groups in total. The first-order chi connectivity index (χ1) is 13.4. The number of amides is 1. The van der Waals surface area contributed by atoms with Crippen LogP contribution in [0.5, 0.6) is 0 Å². The Hall–Kier alpha value is -2.80. The van der Waals surface area contributed by atoms with Crippen LogP contribution in [0, 0.1) is 0 Å². The fourth-order valence-corrected chi connectivity index (χ4v) is 3.95. The average molecular weight is 399 g/mol. The van der Waals surface area contributed by atoms with Crippen molar-refractivity contribution in [1.82, 2.24) is 5.32 Å². The SMILES string of the molecule is COC1=CC2=CC[C@H](NC(C)=O)c3cc(=O)c(SC)ccc3C2=C(OC)C1=O. The predicted octanol–water partition coefficient (Wildman–Crippen LogP) is 2.75. The van der Waals surface area contributed by atoms with E-state index in [9.17, 15) is 14.4 Å². The molecular formula is C21H21NO5S. The van der Waals surface area contributed by atoms with Gasteiger partial charge < -0.3 is 14.8 Å². The van der Waals surface area contributed by atoms with Crippen molar-refractivity contribution in [2.75, 3.05) is 20.5 Å². The first-order valence-electron chi connectivity index (χ1n) is 8.70. The fourth-order valence-electron chi connectivity index (χ4n) is 3.49. The van der Waals surface area contributed by atoms with Gasteiger partial charge in [0.25, 0.3) is 5.78 Å². The topological polar surface area (TPSA) is 81.7 Å². The highest BCUT2D eigenvalue weighted by molar-refractivity contribution is 7.98. The second kappa shape index (κ2) is 8.06. The van der Waals surface area contributed by atoms with Gasteiger partial charge in [0.05, 0.1) is 25.2 Å². The van der Waals surface area contributed by atoms with Gasteiger partial charge in [0.15, 0.2) is 16.9 Å². The second-order valence-electron chi connectivity index (χ2n) is 6.38. The van der Waals surface area contributed by atoms with E-state index in [0.29, 0.717) is 28.0 Å². The summed E-state index contributed by atoms with van der Waals surface area (Å²) < 4.78 is 10.7. The Morgan fingerprint density at radius 3 is 2.57 bits per heavy atom. The number of carbonyl (C=O) groups excluding carboxylic acids is 2. The third-order valence-electron chi connectivity index (χ3n) is 4.71. The molecule has 1 aromatic rings. The normalized spacial score (nSPS) is 18.3. The first-order valence-corrected chi connectivity index (χ1v) is 9.92. The zero-order valence-electron chi connectivity index (χ0n) is 16.1. The van der Waals surface area contributed by atoms with Gasteiger partial charge in [-0.05, 0) is 47.6 Å². The minimum absolute atomic E-state index is 0.137. The van der Waals surface area contributed by atoms with E-state index in [2.05, 4.69) is 5.32 Å². The fraction of sp³-hybridized carbons (Fsp3) is 0.286. The molecule has 28 heavy (non-hydrogen) atoms. The zero-order valence-corrected chi connectivity index (χ0v) is 16.9. The van der Waals surface area contributed by atoms with Crippen LogP contribution in [0.4, 0.5) is 0 Å². The molecule has 0 spiro atoms. The number of hydrogen-bond acceptors (Lipinski definition) is 6. The van der Waals surface area contributed by atoms with E-state index in [1.807, 2.05) is 18.4 Å². The Labute approximate surface area is 167 Å². The number of ketones is 1. The number of ether oxygens (including phenoxy) is 2. The smallest absolute Gasteiger partial charge is 0.262 e. The third-order valence-corrected chi connectivity index (χ3v) is 5.49.